The highest BCUT2D eigenvalue weighted by Gasteiger charge is 2.34. The number of amides is 2. The predicted octanol–water partition coefficient (Wildman–Crippen LogP) is 4.19. The first kappa shape index (κ1) is 20.9. The molecule has 4 N–H and O–H groups in total. The number of aromatic nitrogens is 2. The second-order valence-corrected chi connectivity index (χ2v) is 7.93. The summed E-state index contributed by atoms with van der Waals surface area (Å²) >= 11 is 12.0. The van der Waals surface area contributed by atoms with Crippen LogP contribution in [-0.2, 0) is 9.59 Å². The van der Waals surface area contributed by atoms with Gasteiger partial charge in [-0.25, -0.2) is 0 Å². The van der Waals surface area contributed by atoms with Crippen molar-refractivity contribution in [2.24, 2.45) is 0 Å². The average Bonchev–Trinajstić information content (AvgIpc) is 2.69. The van der Waals surface area contributed by atoms with Crippen molar-refractivity contribution < 1.29 is 9.59 Å². The van der Waals surface area contributed by atoms with Crippen molar-refractivity contribution in [1.82, 2.24) is 9.97 Å². The lowest BCUT2D eigenvalue weighted by atomic mass is 9.92. The Kier molecular flexibility index (Phi) is 5.67. The number of hydrogen-bond donors (Lipinski definition) is 4. The van der Waals surface area contributed by atoms with Gasteiger partial charge in [0.25, 0.3) is 5.56 Å². The highest BCUT2D eigenvalue weighted by molar-refractivity contribution is 6.36. The van der Waals surface area contributed by atoms with E-state index in [-0.39, 0.29) is 23.8 Å². The van der Waals surface area contributed by atoms with Crippen LogP contribution >= 0.6 is 23.2 Å². The van der Waals surface area contributed by atoms with Crippen LogP contribution in [0.3, 0.4) is 0 Å². The van der Waals surface area contributed by atoms with E-state index in [1.54, 1.807) is 30.3 Å². The summed E-state index contributed by atoms with van der Waals surface area (Å²) in [7, 11) is 0. The van der Waals surface area contributed by atoms with Crippen LogP contribution in [0.5, 0.6) is 0 Å². The number of carbonyl (C=O) groups is 2. The number of aromatic amines is 1. The minimum Gasteiger partial charge on any atom is -0.326 e. The first-order valence-corrected chi connectivity index (χ1v) is 10.1. The molecule has 158 valence electrons. The van der Waals surface area contributed by atoms with Crippen LogP contribution in [0, 0.1) is 6.92 Å². The van der Waals surface area contributed by atoms with Gasteiger partial charge in [0.15, 0.2) is 0 Å². The average molecular weight is 458 g/mol. The molecule has 0 saturated carbocycles. The summed E-state index contributed by atoms with van der Waals surface area (Å²) in [5, 5.41) is 9.00. The minimum atomic E-state index is -0.978. The molecule has 0 spiro atoms. The first-order valence-electron chi connectivity index (χ1n) is 9.34. The normalized spacial score (nSPS) is 15.1. The van der Waals surface area contributed by atoms with Crippen molar-refractivity contribution >= 4 is 58.2 Å². The summed E-state index contributed by atoms with van der Waals surface area (Å²) < 4.78 is 0. The third-order valence-electron chi connectivity index (χ3n) is 4.74. The fourth-order valence-electron chi connectivity index (χ4n) is 3.33. The van der Waals surface area contributed by atoms with Crippen LogP contribution < -0.4 is 21.5 Å². The number of nitrogens with zero attached hydrogens (tertiary/aromatic N) is 1. The molecular formula is C21H17Cl2N5O3. The molecule has 1 aromatic heterocycles. The molecule has 1 atom stereocenters. The van der Waals surface area contributed by atoms with Crippen molar-refractivity contribution in [2.45, 2.75) is 19.3 Å². The van der Waals surface area contributed by atoms with Crippen LogP contribution in [-0.4, -0.2) is 21.8 Å². The Morgan fingerprint density at radius 2 is 1.97 bits per heavy atom. The molecule has 10 heteroatoms. The van der Waals surface area contributed by atoms with Crippen LogP contribution in [0.2, 0.25) is 10.0 Å². The Labute approximate surface area is 187 Å². The van der Waals surface area contributed by atoms with Gasteiger partial charge in [0.1, 0.15) is 5.82 Å². The van der Waals surface area contributed by atoms with Crippen molar-refractivity contribution in [3.63, 3.8) is 0 Å². The third-order valence-corrected chi connectivity index (χ3v) is 5.29. The Hall–Kier alpha value is -3.36. The molecule has 2 amide bonds. The van der Waals surface area contributed by atoms with Gasteiger partial charge < -0.3 is 16.0 Å². The molecule has 0 bridgehead atoms. The van der Waals surface area contributed by atoms with Gasteiger partial charge in [0, 0.05) is 17.1 Å². The molecule has 3 aromatic rings. The molecule has 1 aliphatic heterocycles. The summed E-state index contributed by atoms with van der Waals surface area (Å²) in [5.41, 5.74) is 1.57. The fourth-order valence-corrected chi connectivity index (χ4v) is 3.78. The maximum atomic E-state index is 12.9. The topological polar surface area (TPSA) is 116 Å². The van der Waals surface area contributed by atoms with E-state index in [4.69, 9.17) is 23.2 Å². The van der Waals surface area contributed by atoms with E-state index in [0.29, 0.717) is 21.4 Å². The summed E-state index contributed by atoms with van der Waals surface area (Å²) in [4.78, 5) is 44.8. The second kappa shape index (κ2) is 8.41. The number of rotatable bonds is 4. The summed E-state index contributed by atoms with van der Waals surface area (Å²) in [6.45, 7) is 1.90. The largest absolute Gasteiger partial charge is 0.326 e. The van der Waals surface area contributed by atoms with Crippen molar-refractivity contribution in [3.8, 4) is 0 Å². The number of aryl methyl sites for hydroxylation is 1. The molecule has 1 aliphatic rings. The number of nitrogens with one attached hydrogen (secondary N) is 4. The van der Waals surface area contributed by atoms with Crippen molar-refractivity contribution in [3.05, 3.63) is 74.0 Å². The second-order valence-electron chi connectivity index (χ2n) is 7.09. The molecule has 4 rings (SSSR count). The Morgan fingerprint density at radius 3 is 2.71 bits per heavy atom. The van der Waals surface area contributed by atoms with Gasteiger partial charge in [0.05, 0.1) is 22.2 Å². The van der Waals surface area contributed by atoms with Crippen LogP contribution in [0.15, 0.2) is 47.3 Å². The highest BCUT2D eigenvalue weighted by atomic mass is 35.5. The number of H-pyrrole nitrogens is 1. The number of halogens is 2. The first-order chi connectivity index (χ1) is 14.8. The molecule has 8 nitrogen and oxygen atoms in total. The molecule has 2 heterocycles. The standard InChI is InChI=1S/C21H17Cl2N5O3/c1-10-3-2-4-12(7-10)24-19(30)13-9-16(29)26-18-17(13)20(31)28-21(27-18)25-15-6-5-11(22)8-14(15)23/h2-8,13H,9H2,1H3,(H,24,30)(H3,25,26,27,28,29,31). The quantitative estimate of drug-likeness (QED) is 0.468. The number of hydrogen-bond acceptors (Lipinski definition) is 5. The van der Waals surface area contributed by atoms with E-state index < -0.39 is 23.3 Å². The van der Waals surface area contributed by atoms with E-state index in [1.807, 2.05) is 13.0 Å². The van der Waals surface area contributed by atoms with Crippen LogP contribution in [0.4, 0.5) is 23.1 Å². The SMILES string of the molecule is Cc1cccc(NC(=O)C2CC(=O)Nc3nc(Nc4ccc(Cl)cc4Cl)[nH]c(=O)c32)c1. The van der Waals surface area contributed by atoms with Crippen LogP contribution in [0.25, 0.3) is 0 Å². The van der Waals surface area contributed by atoms with E-state index >= 15 is 0 Å². The Bertz CT molecular complexity index is 1260. The molecule has 2 aromatic carbocycles. The van der Waals surface area contributed by atoms with Gasteiger partial charge in [-0.2, -0.15) is 4.98 Å². The monoisotopic (exact) mass is 457 g/mol. The maximum absolute atomic E-state index is 12.9. The van der Waals surface area contributed by atoms with Gasteiger partial charge in [0.2, 0.25) is 17.8 Å². The number of benzene rings is 2. The molecular weight excluding hydrogens is 441 g/mol. The Balaban J connectivity index is 1.65. The molecule has 31 heavy (non-hydrogen) atoms. The predicted molar refractivity (Wildman–Crippen MR) is 120 cm³/mol. The molecule has 1 unspecified atom stereocenters. The van der Waals surface area contributed by atoms with Gasteiger partial charge in [-0.05, 0) is 42.8 Å². The highest BCUT2D eigenvalue weighted by Crippen LogP contribution is 2.31. The van der Waals surface area contributed by atoms with E-state index in [1.165, 1.54) is 6.07 Å². The van der Waals surface area contributed by atoms with E-state index in [2.05, 4.69) is 25.9 Å². The molecule has 0 radical (unpaired) electrons. The zero-order chi connectivity index (χ0) is 22.1. The zero-order valence-electron chi connectivity index (χ0n) is 16.3. The zero-order valence-corrected chi connectivity index (χ0v) is 17.8. The number of anilines is 4. The van der Waals surface area contributed by atoms with Crippen molar-refractivity contribution in [2.75, 3.05) is 16.0 Å². The van der Waals surface area contributed by atoms with Gasteiger partial charge >= 0.3 is 0 Å². The Morgan fingerprint density at radius 1 is 1.16 bits per heavy atom. The number of fused-ring (bicyclic) bond motifs is 1. The van der Waals surface area contributed by atoms with Crippen molar-refractivity contribution in [1.29, 1.82) is 0 Å². The van der Waals surface area contributed by atoms with Gasteiger partial charge in [-0.1, -0.05) is 35.3 Å². The lowest BCUT2D eigenvalue weighted by Crippen LogP contribution is -2.36. The summed E-state index contributed by atoms with van der Waals surface area (Å²) in [6.07, 6.45) is -0.162. The number of carbonyl (C=O) groups excluding carboxylic acids is 2. The fraction of sp³-hybridized carbons (Fsp3) is 0.143. The molecule has 0 saturated heterocycles. The minimum absolute atomic E-state index is 0.0250. The summed E-state index contributed by atoms with van der Waals surface area (Å²) in [6, 6.07) is 12.0. The lowest BCUT2D eigenvalue weighted by molar-refractivity contribution is -0.123. The summed E-state index contributed by atoms with van der Waals surface area (Å²) in [5.74, 6) is -1.76. The van der Waals surface area contributed by atoms with Gasteiger partial charge in [-0.15, -0.1) is 0 Å². The van der Waals surface area contributed by atoms with Crippen LogP contribution in [0.1, 0.15) is 23.5 Å². The van der Waals surface area contributed by atoms with E-state index in [0.717, 1.165) is 5.56 Å². The molecule has 0 fully saturated rings. The third kappa shape index (κ3) is 4.55. The maximum Gasteiger partial charge on any atom is 0.258 e. The molecule has 0 aliphatic carbocycles. The smallest absolute Gasteiger partial charge is 0.258 e. The van der Waals surface area contributed by atoms with E-state index in [9.17, 15) is 14.4 Å². The van der Waals surface area contributed by atoms with Gasteiger partial charge in [-0.3, -0.25) is 19.4 Å². The lowest BCUT2D eigenvalue weighted by Gasteiger charge is -2.23.